The summed E-state index contributed by atoms with van der Waals surface area (Å²) < 4.78 is 7.01. The van der Waals surface area contributed by atoms with Gasteiger partial charge in [0.15, 0.2) is 0 Å². The molecular formula is C15H16N4O. The molecule has 5 nitrogen and oxygen atoms in total. The second-order valence-corrected chi connectivity index (χ2v) is 4.80. The Morgan fingerprint density at radius 1 is 1.20 bits per heavy atom. The summed E-state index contributed by atoms with van der Waals surface area (Å²) in [6, 6.07) is 7.81. The Labute approximate surface area is 117 Å². The summed E-state index contributed by atoms with van der Waals surface area (Å²) in [7, 11) is 1.59. The summed E-state index contributed by atoms with van der Waals surface area (Å²) in [6.45, 7) is 4.07. The van der Waals surface area contributed by atoms with Crippen molar-refractivity contribution in [2.45, 2.75) is 13.8 Å². The first-order valence-electron chi connectivity index (χ1n) is 6.35. The smallest absolute Gasteiger partial charge is 0.212 e. The third-order valence-corrected chi connectivity index (χ3v) is 3.30. The van der Waals surface area contributed by atoms with E-state index >= 15 is 0 Å². The van der Waals surface area contributed by atoms with Crippen molar-refractivity contribution in [2.75, 3.05) is 12.8 Å². The lowest BCUT2D eigenvalue weighted by Gasteiger charge is -2.04. The Morgan fingerprint density at radius 2 is 2.00 bits per heavy atom. The molecule has 0 aliphatic carbocycles. The first-order chi connectivity index (χ1) is 9.60. The van der Waals surface area contributed by atoms with Crippen LogP contribution >= 0.6 is 0 Å². The van der Waals surface area contributed by atoms with Crippen molar-refractivity contribution in [3.8, 4) is 17.1 Å². The van der Waals surface area contributed by atoms with Gasteiger partial charge in [0.25, 0.3) is 0 Å². The number of pyridine rings is 2. The van der Waals surface area contributed by atoms with Crippen LogP contribution in [0.5, 0.6) is 5.88 Å². The van der Waals surface area contributed by atoms with Crippen molar-refractivity contribution in [1.82, 2.24) is 14.4 Å². The number of aromatic nitrogens is 3. The molecule has 0 saturated heterocycles. The van der Waals surface area contributed by atoms with Crippen molar-refractivity contribution >= 4 is 11.5 Å². The number of anilines is 1. The van der Waals surface area contributed by atoms with Crippen LogP contribution in [0.2, 0.25) is 0 Å². The highest BCUT2D eigenvalue weighted by molar-refractivity contribution is 5.75. The first-order valence-corrected chi connectivity index (χ1v) is 6.35. The number of rotatable bonds is 2. The van der Waals surface area contributed by atoms with Crippen molar-refractivity contribution < 1.29 is 4.74 Å². The molecule has 0 amide bonds. The van der Waals surface area contributed by atoms with E-state index in [-0.39, 0.29) is 0 Å². The highest BCUT2D eigenvalue weighted by atomic mass is 16.5. The van der Waals surface area contributed by atoms with Crippen molar-refractivity contribution in [2.24, 2.45) is 0 Å². The van der Waals surface area contributed by atoms with Crippen LogP contribution in [0.3, 0.4) is 0 Å². The molecule has 20 heavy (non-hydrogen) atoms. The number of hydrogen-bond acceptors (Lipinski definition) is 4. The zero-order chi connectivity index (χ0) is 14.3. The van der Waals surface area contributed by atoms with E-state index in [0.717, 1.165) is 22.6 Å². The fourth-order valence-electron chi connectivity index (χ4n) is 2.41. The van der Waals surface area contributed by atoms with E-state index in [1.54, 1.807) is 19.4 Å². The predicted octanol–water partition coefficient (Wildman–Crippen LogP) is 2.60. The molecule has 102 valence electrons. The minimum absolute atomic E-state index is 0.572. The van der Waals surface area contributed by atoms with Crippen LogP contribution in [0.25, 0.3) is 16.9 Å². The van der Waals surface area contributed by atoms with E-state index < -0.39 is 0 Å². The van der Waals surface area contributed by atoms with Gasteiger partial charge >= 0.3 is 0 Å². The van der Waals surface area contributed by atoms with E-state index in [9.17, 15) is 0 Å². The van der Waals surface area contributed by atoms with Crippen LogP contribution in [-0.4, -0.2) is 21.5 Å². The molecule has 5 heteroatoms. The maximum absolute atomic E-state index is 6.23. The fourth-order valence-corrected chi connectivity index (χ4v) is 2.41. The Kier molecular flexibility index (Phi) is 2.82. The topological polar surface area (TPSA) is 65.4 Å². The van der Waals surface area contributed by atoms with Gasteiger partial charge in [-0.1, -0.05) is 0 Å². The largest absolute Gasteiger partial charge is 0.481 e. The molecule has 0 spiro atoms. The zero-order valence-corrected chi connectivity index (χ0v) is 11.7. The average molecular weight is 268 g/mol. The molecule has 3 heterocycles. The van der Waals surface area contributed by atoms with Gasteiger partial charge in [-0.15, -0.1) is 0 Å². The van der Waals surface area contributed by atoms with Crippen LogP contribution < -0.4 is 10.5 Å². The second-order valence-electron chi connectivity index (χ2n) is 4.80. The third-order valence-electron chi connectivity index (χ3n) is 3.30. The number of hydrogen-bond donors (Lipinski definition) is 1. The molecule has 3 aromatic rings. The summed E-state index contributed by atoms with van der Waals surface area (Å²) in [6.07, 6.45) is 1.72. The summed E-state index contributed by atoms with van der Waals surface area (Å²) in [5, 5.41) is 0. The van der Waals surface area contributed by atoms with E-state index in [2.05, 4.69) is 16.0 Å². The van der Waals surface area contributed by atoms with Gasteiger partial charge < -0.3 is 10.5 Å². The van der Waals surface area contributed by atoms with Gasteiger partial charge in [0.2, 0.25) is 5.88 Å². The SMILES string of the molecule is COc1ccc(-c2nc3cc(C)cc(C)n3c2N)cn1. The maximum Gasteiger partial charge on any atom is 0.212 e. The standard InChI is InChI=1S/C15H16N4O/c1-9-6-10(2)19-12(7-9)18-14(15(19)16)11-4-5-13(20-3)17-8-11/h4-8H,16H2,1-3H3. The third kappa shape index (κ3) is 1.87. The molecule has 0 radical (unpaired) electrons. The van der Waals surface area contributed by atoms with Crippen molar-refractivity contribution in [1.29, 1.82) is 0 Å². The minimum Gasteiger partial charge on any atom is -0.481 e. The number of nitrogens with zero attached hydrogens (tertiary/aromatic N) is 3. The van der Waals surface area contributed by atoms with Crippen molar-refractivity contribution in [3.63, 3.8) is 0 Å². The molecule has 3 aromatic heterocycles. The summed E-state index contributed by atoms with van der Waals surface area (Å²) >= 11 is 0. The summed E-state index contributed by atoms with van der Waals surface area (Å²) in [5.41, 5.74) is 10.9. The molecule has 0 aromatic carbocycles. The number of methoxy groups -OCH3 is 1. The molecule has 0 atom stereocenters. The number of fused-ring (bicyclic) bond motifs is 1. The lowest BCUT2D eigenvalue weighted by atomic mass is 10.2. The number of ether oxygens (including phenoxy) is 1. The Bertz CT molecular complexity index is 775. The van der Waals surface area contributed by atoms with Crippen LogP contribution in [0.1, 0.15) is 11.3 Å². The average Bonchev–Trinajstić information content (AvgIpc) is 2.76. The molecule has 3 rings (SSSR count). The van der Waals surface area contributed by atoms with Gasteiger partial charge in [0, 0.05) is 23.5 Å². The second kappa shape index (κ2) is 4.52. The van der Waals surface area contributed by atoms with Crippen LogP contribution in [0.4, 0.5) is 5.82 Å². The number of nitrogen functional groups attached to an aromatic ring is 1. The monoisotopic (exact) mass is 268 g/mol. The normalized spacial score (nSPS) is 10.9. The minimum atomic E-state index is 0.572. The molecular weight excluding hydrogens is 252 g/mol. The van der Waals surface area contributed by atoms with Gasteiger partial charge in [-0.25, -0.2) is 9.97 Å². The Morgan fingerprint density at radius 3 is 2.65 bits per heavy atom. The Hall–Kier alpha value is -2.56. The van der Waals surface area contributed by atoms with E-state index in [4.69, 9.17) is 10.5 Å². The van der Waals surface area contributed by atoms with Crippen molar-refractivity contribution in [3.05, 3.63) is 41.7 Å². The number of aryl methyl sites for hydroxylation is 2. The highest BCUT2D eigenvalue weighted by Gasteiger charge is 2.13. The maximum atomic E-state index is 6.23. The molecule has 0 saturated carbocycles. The van der Waals surface area contributed by atoms with Gasteiger partial charge in [0.05, 0.1) is 7.11 Å². The molecule has 0 aliphatic rings. The molecule has 0 aliphatic heterocycles. The fraction of sp³-hybridized carbons (Fsp3) is 0.200. The van der Waals surface area contributed by atoms with Crippen LogP contribution in [0.15, 0.2) is 30.5 Å². The van der Waals surface area contributed by atoms with Gasteiger partial charge in [0.1, 0.15) is 17.2 Å². The van der Waals surface area contributed by atoms with Gasteiger partial charge in [-0.2, -0.15) is 0 Å². The zero-order valence-electron chi connectivity index (χ0n) is 11.7. The first kappa shape index (κ1) is 12.5. The summed E-state index contributed by atoms with van der Waals surface area (Å²) in [4.78, 5) is 8.81. The molecule has 0 unspecified atom stereocenters. The van der Waals surface area contributed by atoms with E-state index in [0.29, 0.717) is 11.7 Å². The quantitative estimate of drug-likeness (QED) is 0.776. The van der Waals surface area contributed by atoms with Crippen LogP contribution in [0, 0.1) is 13.8 Å². The number of nitrogens with two attached hydrogens (primary N) is 1. The van der Waals surface area contributed by atoms with Gasteiger partial charge in [-0.3, -0.25) is 4.40 Å². The molecule has 0 fully saturated rings. The van der Waals surface area contributed by atoms with E-state index in [1.165, 1.54) is 5.56 Å². The van der Waals surface area contributed by atoms with Gasteiger partial charge in [-0.05, 0) is 37.6 Å². The van der Waals surface area contributed by atoms with Crippen LogP contribution in [-0.2, 0) is 0 Å². The molecule has 0 bridgehead atoms. The summed E-state index contributed by atoms with van der Waals surface area (Å²) in [5.74, 6) is 1.20. The molecule has 2 N–H and O–H groups in total. The lowest BCUT2D eigenvalue weighted by molar-refractivity contribution is 0.398. The Balaban J connectivity index is 2.20. The van der Waals surface area contributed by atoms with E-state index in [1.807, 2.05) is 30.4 Å². The highest BCUT2D eigenvalue weighted by Crippen LogP contribution is 2.28. The number of imidazole rings is 1. The lowest BCUT2D eigenvalue weighted by Crippen LogP contribution is -1.98. The predicted molar refractivity (Wildman–Crippen MR) is 78.9 cm³/mol.